The fourth-order valence-corrected chi connectivity index (χ4v) is 7.61. The molecule has 6 nitrogen and oxygen atoms in total. The summed E-state index contributed by atoms with van der Waals surface area (Å²) in [5, 5.41) is 0. The van der Waals surface area contributed by atoms with Crippen LogP contribution < -0.4 is 4.72 Å². The summed E-state index contributed by atoms with van der Waals surface area (Å²) in [6, 6.07) is 0. The molecular formula is C23H41NO5S2. The lowest BCUT2D eigenvalue weighted by Gasteiger charge is -2.53. The Kier molecular flexibility index (Phi) is 7.09. The quantitative estimate of drug-likeness (QED) is 0.442. The third-order valence-electron chi connectivity index (χ3n) is 8.55. The number of hydrogen-bond acceptors (Lipinski definition) is 5. The Morgan fingerprint density at radius 3 is 2.32 bits per heavy atom. The summed E-state index contributed by atoms with van der Waals surface area (Å²) in [7, 11) is -6.78. The van der Waals surface area contributed by atoms with Crippen molar-refractivity contribution < 1.29 is 21.0 Å². The number of nitrogens with one attached hydrogen (secondary N) is 1. The van der Waals surface area contributed by atoms with Crippen molar-refractivity contribution in [3.63, 3.8) is 0 Å². The maximum Gasteiger partial charge on any atom is 0.264 e. The van der Waals surface area contributed by atoms with Crippen LogP contribution in [0.2, 0.25) is 0 Å². The zero-order chi connectivity index (χ0) is 23.2. The number of sulfonamides is 1. The molecule has 1 saturated carbocycles. The average Bonchev–Trinajstić information content (AvgIpc) is 2.94. The van der Waals surface area contributed by atoms with E-state index in [1.807, 2.05) is 0 Å². The molecule has 0 radical (unpaired) electrons. The third-order valence-corrected chi connectivity index (χ3v) is 9.81. The molecule has 1 N–H and O–H groups in total. The van der Waals surface area contributed by atoms with Crippen LogP contribution in [0, 0.1) is 34.5 Å². The number of allylic oxidation sites excluding steroid dienone is 1. The van der Waals surface area contributed by atoms with E-state index in [4.69, 9.17) is 4.18 Å². The van der Waals surface area contributed by atoms with Gasteiger partial charge < -0.3 is 0 Å². The van der Waals surface area contributed by atoms with E-state index in [2.05, 4.69) is 32.4 Å². The highest BCUT2D eigenvalue weighted by Gasteiger charge is 2.51. The van der Waals surface area contributed by atoms with E-state index in [1.54, 1.807) is 0 Å². The molecule has 0 bridgehead atoms. The third kappa shape index (κ3) is 5.74. The predicted octanol–water partition coefficient (Wildman–Crippen LogP) is 4.10. The van der Waals surface area contributed by atoms with Crippen LogP contribution in [0.1, 0.15) is 72.6 Å². The van der Waals surface area contributed by atoms with Crippen molar-refractivity contribution in [3.05, 3.63) is 11.1 Å². The lowest BCUT2D eigenvalue weighted by molar-refractivity contribution is -0.0255. The molecule has 0 aromatic carbocycles. The van der Waals surface area contributed by atoms with Gasteiger partial charge in [-0.05, 0) is 73.0 Å². The highest BCUT2D eigenvalue weighted by atomic mass is 32.2. The first-order valence-electron chi connectivity index (χ1n) is 11.6. The smallest absolute Gasteiger partial charge is 0.264 e. The lowest BCUT2D eigenvalue weighted by atomic mass is 9.53. The fraction of sp³-hybridized carbons (Fsp3) is 0.913. The van der Waals surface area contributed by atoms with Gasteiger partial charge in [-0.2, -0.15) is 8.42 Å². The molecule has 0 spiro atoms. The van der Waals surface area contributed by atoms with Crippen molar-refractivity contribution >= 4 is 20.1 Å². The van der Waals surface area contributed by atoms with Gasteiger partial charge in [-0.25, -0.2) is 13.1 Å². The van der Waals surface area contributed by atoms with Crippen molar-refractivity contribution in [1.29, 1.82) is 0 Å². The van der Waals surface area contributed by atoms with E-state index >= 15 is 0 Å². The minimum Gasteiger partial charge on any atom is -0.270 e. The molecule has 0 aromatic heterocycles. The fourth-order valence-electron chi connectivity index (χ4n) is 6.72. The maximum absolute atomic E-state index is 12.0. The molecule has 180 valence electrons. The molecule has 8 heteroatoms. The first-order chi connectivity index (χ1) is 14.1. The van der Waals surface area contributed by atoms with Crippen molar-refractivity contribution in [2.45, 2.75) is 72.6 Å². The van der Waals surface area contributed by atoms with Crippen LogP contribution >= 0.6 is 0 Å². The van der Waals surface area contributed by atoms with E-state index in [0.29, 0.717) is 18.4 Å². The monoisotopic (exact) mass is 475 g/mol. The highest BCUT2D eigenvalue weighted by molar-refractivity contribution is 7.88. The van der Waals surface area contributed by atoms with Gasteiger partial charge in [-0.3, -0.25) is 4.18 Å². The van der Waals surface area contributed by atoms with Gasteiger partial charge in [-0.1, -0.05) is 45.3 Å². The normalized spacial score (nSPS) is 36.5. The SMILES string of the molecule is C[C@H]1CC[C@](C)([C@H]2CCC3=C(CCC3(C)C)[C@@H]2CNS(C)(=O)=O)[C@@H](COS(C)(=O)=O)C1. The van der Waals surface area contributed by atoms with E-state index in [1.165, 1.54) is 17.4 Å². The minimum absolute atomic E-state index is 0.0771. The van der Waals surface area contributed by atoms with Crippen LogP contribution in [0.25, 0.3) is 0 Å². The second-order valence-corrected chi connectivity index (χ2v) is 14.8. The molecule has 3 aliphatic carbocycles. The van der Waals surface area contributed by atoms with Crippen LogP contribution in [0.15, 0.2) is 11.1 Å². The van der Waals surface area contributed by atoms with Gasteiger partial charge in [0.15, 0.2) is 0 Å². The predicted molar refractivity (Wildman–Crippen MR) is 125 cm³/mol. The molecule has 1 fully saturated rings. The molecule has 0 heterocycles. The van der Waals surface area contributed by atoms with Gasteiger partial charge in [0, 0.05) is 6.54 Å². The molecule has 31 heavy (non-hydrogen) atoms. The van der Waals surface area contributed by atoms with Crippen LogP contribution in [0.3, 0.4) is 0 Å². The van der Waals surface area contributed by atoms with Crippen molar-refractivity contribution in [2.24, 2.45) is 34.5 Å². The summed E-state index contributed by atoms with van der Waals surface area (Å²) in [6.07, 6.45) is 9.68. The largest absolute Gasteiger partial charge is 0.270 e. The van der Waals surface area contributed by atoms with E-state index in [9.17, 15) is 16.8 Å². The first kappa shape index (κ1) is 25.2. The van der Waals surface area contributed by atoms with Gasteiger partial charge in [-0.15, -0.1) is 0 Å². The summed E-state index contributed by atoms with van der Waals surface area (Å²) in [4.78, 5) is 0. The summed E-state index contributed by atoms with van der Waals surface area (Å²) in [6.45, 7) is 9.81. The molecule has 5 atom stereocenters. The second kappa shape index (κ2) is 8.73. The molecule has 0 aliphatic heterocycles. The van der Waals surface area contributed by atoms with Gasteiger partial charge >= 0.3 is 0 Å². The summed E-state index contributed by atoms with van der Waals surface area (Å²) < 4.78 is 55.5. The lowest BCUT2D eigenvalue weighted by Crippen LogP contribution is -2.48. The molecule has 3 rings (SSSR count). The zero-order valence-corrected chi connectivity index (χ0v) is 21.7. The van der Waals surface area contributed by atoms with Crippen LogP contribution in [0.5, 0.6) is 0 Å². The number of rotatable bonds is 7. The summed E-state index contributed by atoms with van der Waals surface area (Å²) >= 11 is 0. The Morgan fingerprint density at radius 1 is 1.03 bits per heavy atom. The van der Waals surface area contributed by atoms with Crippen LogP contribution in [-0.2, 0) is 24.3 Å². The topological polar surface area (TPSA) is 89.5 Å². The Labute approximate surface area is 189 Å². The van der Waals surface area contributed by atoms with Crippen molar-refractivity contribution in [3.8, 4) is 0 Å². The summed E-state index contributed by atoms with van der Waals surface area (Å²) in [5.41, 5.74) is 3.09. The molecule has 0 saturated heterocycles. The Morgan fingerprint density at radius 2 is 1.71 bits per heavy atom. The standard InChI is InChI=1S/C23H41NO5S2/c1-16-9-12-23(4,17(13-16)15-29-31(6,27)28)21-8-7-20-18(10-11-22(20,2)3)19(21)14-24-30(5,25)26/h16-17,19,21,24H,7-15H2,1-6H3/t16-,17+,19-,21-,23-/m0/s1. The van der Waals surface area contributed by atoms with Crippen molar-refractivity contribution in [2.75, 3.05) is 25.7 Å². The number of hydrogen-bond donors (Lipinski definition) is 1. The Bertz CT molecular complexity index is 922. The van der Waals surface area contributed by atoms with Gasteiger partial charge in [0.05, 0.1) is 19.1 Å². The molecule has 0 amide bonds. The van der Waals surface area contributed by atoms with Crippen molar-refractivity contribution in [1.82, 2.24) is 4.72 Å². The molecule has 0 aromatic rings. The van der Waals surface area contributed by atoms with E-state index in [0.717, 1.165) is 51.2 Å². The molecular weight excluding hydrogens is 434 g/mol. The highest BCUT2D eigenvalue weighted by Crippen LogP contribution is 2.59. The molecule has 3 aliphatic rings. The van der Waals surface area contributed by atoms with Gasteiger partial charge in [0.2, 0.25) is 10.0 Å². The average molecular weight is 476 g/mol. The van der Waals surface area contributed by atoms with E-state index < -0.39 is 20.1 Å². The Balaban J connectivity index is 1.96. The maximum atomic E-state index is 12.0. The van der Waals surface area contributed by atoms with Crippen LogP contribution in [-0.4, -0.2) is 42.5 Å². The summed E-state index contributed by atoms with van der Waals surface area (Å²) in [5.74, 6) is 1.17. The van der Waals surface area contributed by atoms with Crippen LogP contribution in [0.4, 0.5) is 0 Å². The zero-order valence-electron chi connectivity index (χ0n) is 20.0. The second-order valence-electron chi connectivity index (χ2n) is 11.3. The molecule has 0 unspecified atom stereocenters. The van der Waals surface area contributed by atoms with E-state index in [-0.39, 0.29) is 29.3 Å². The van der Waals surface area contributed by atoms with Gasteiger partial charge in [0.25, 0.3) is 10.1 Å². The first-order valence-corrected chi connectivity index (χ1v) is 15.3. The minimum atomic E-state index is -3.50. The Hall–Kier alpha value is -0.440. The van der Waals surface area contributed by atoms with Gasteiger partial charge in [0.1, 0.15) is 0 Å².